The Kier molecular flexibility index (Phi) is 5.69. The van der Waals surface area contributed by atoms with E-state index in [9.17, 15) is 13.6 Å². The van der Waals surface area contributed by atoms with E-state index in [0.717, 1.165) is 12.1 Å². The third kappa shape index (κ3) is 4.82. The molecule has 2 N–H and O–H groups in total. The molecular formula is C13H17F2NO3. The van der Waals surface area contributed by atoms with Crippen LogP contribution in [0.15, 0.2) is 12.1 Å². The Balaban J connectivity index is 2.76. The molecule has 0 spiro atoms. The minimum atomic E-state index is -0.861. The summed E-state index contributed by atoms with van der Waals surface area (Å²) in [6, 6.07) is 2.09. The molecule has 0 radical (unpaired) electrons. The summed E-state index contributed by atoms with van der Waals surface area (Å²) in [5, 5.41) is 0. The standard InChI is InChI=1S/C13H17F2NO3/c1-3-18-12(17)7-19-13-10(14)5-9(4-8(2)16)6-11(13)15/h5-6,8H,3-4,7,16H2,1-2H3. The van der Waals surface area contributed by atoms with Crippen molar-refractivity contribution < 1.29 is 23.0 Å². The molecule has 6 heteroatoms. The monoisotopic (exact) mass is 273 g/mol. The van der Waals surface area contributed by atoms with Crippen LogP contribution in [0.25, 0.3) is 0 Å². The average molecular weight is 273 g/mol. The molecule has 1 rings (SSSR count). The van der Waals surface area contributed by atoms with Crippen LogP contribution < -0.4 is 10.5 Å². The maximum Gasteiger partial charge on any atom is 0.344 e. The van der Waals surface area contributed by atoms with Crippen LogP contribution in [0.5, 0.6) is 5.75 Å². The highest BCUT2D eigenvalue weighted by atomic mass is 19.1. The van der Waals surface area contributed by atoms with E-state index < -0.39 is 30.0 Å². The fraction of sp³-hybridized carbons (Fsp3) is 0.462. The Morgan fingerprint density at radius 2 is 1.95 bits per heavy atom. The van der Waals surface area contributed by atoms with Crippen LogP contribution in [0.2, 0.25) is 0 Å². The summed E-state index contributed by atoms with van der Waals surface area (Å²) in [5.41, 5.74) is 6.00. The molecular weight excluding hydrogens is 256 g/mol. The van der Waals surface area contributed by atoms with Crippen molar-refractivity contribution >= 4 is 5.97 Å². The van der Waals surface area contributed by atoms with Gasteiger partial charge in [-0.1, -0.05) is 0 Å². The van der Waals surface area contributed by atoms with Gasteiger partial charge in [-0.2, -0.15) is 0 Å². The summed E-state index contributed by atoms with van der Waals surface area (Å²) in [6.07, 6.45) is 0.353. The average Bonchev–Trinajstić information content (AvgIpc) is 2.27. The zero-order valence-electron chi connectivity index (χ0n) is 10.9. The van der Waals surface area contributed by atoms with E-state index in [2.05, 4.69) is 4.74 Å². The van der Waals surface area contributed by atoms with Crippen LogP contribution in [0.1, 0.15) is 19.4 Å². The maximum atomic E-state index is 13.6. The second-order valence-corrected chi connectivity index (χ2v) is 4.16. The quantitative estimate of drug-likeness (QED) is 0.803. The van der Waals surface area contributed by atoms with E-state index in [4.69, 9.17) is 10.5 Å². The van der Waals surface area contributed by atoms with E-state index in [0.29, 0.717) is 12.0 Å². The summed E-state index contributed by atoms with van der Waals surface area (Å²) in [6.45, 7) is 3.01. The molecule has 0 aliphatic heterocycles. The van der Waals surface area contributed by atoms with Crippen LogP contribution in [0, 0.1) is 11.6 Å². The van der Waals surface area contributed by atoms with E-state index in [1.807, 2.05) is 0 Å². The molecule has 19 heavy (non-hydrogen) atoms. The van der Waals surface area contributed by atoms with Crippen LogP contribution in [0.4, 0.5) is 8.78 Å². The number of benzene rings is 1. The molecule has 0 aromatic heterocycles. The fourth-order valence-corrected chi connectivity index (χ4v) is 1.57. The zero-order valence-corrected chi connectivity index (χ0v) is 10.9. The van der Waals surface area contributed by atoms with E-state index in [1.165, 1.54) is 0 Å². The van der Waals surface area contributed by atoms with Crippen molar-refractivity contribution in [1.82, 2.24) is 0 Å². The lowest BCUT2D eigenvalue weighted by Gasteiger charge is -2.10. The van der Waals surface area contributed by atoms with Crippen molar-refractivity contribution in [1.29, 1.82) is 0 Å². The molecule has 0 amide bonds. The van der Waals surface area contributed by atoms with Crippen molar-refractivity contribution in [3.8, 4) is 5.75 Å². The topological polar surface area (TPSA) is 61.5 Å². The first kappa shape index (κ1) is 15.4. The molecule has 0 bridgehead atoms. The van der Waals surface area contributed by atoms with Crippen molar-refractivity contribution in [3.05, 3.63) is 29.3 Å². The van der Waals surface area contributed by atoms with Gasteiger partial charge in [-0.25, -0.2) is 13.6 Å². The number of carbonyl (C=O) groups excluding carboxylic acids is 1. The SMILES string of the molecule is CCOC(=O)COc1c(F)cc(CC(C)N)cc1F. The minimum Gasteiger partial charge on any atom is -0.476 e. The Labute approximate surface area is 110 Å². The van der Waals surface area contributed by atoms with Gasteiger partial charge < -0.3 is 15.2 Å². The molecule has 0 fully saturated rings. The highest BCUT2D eigenvalue weighted by Crippen LogP contribution is 2.23. The normalized spacial score (nSPS) is 12.1. The van der Waals surface area contributed by atoms with Crippen LogP contribution in [-0.2, 0) is 16.0 Å². The number of esters is 1. The number of nitrogens with two attached hydrogens (primary N) is 1. The predicted octanol–water partition coefficient (Wildman–Crippen LogP) is 1.80. The Morgan fingerprint density at radius 3 is 2.42 bits per heavy atom. The van der Waals surface area contributed by atoms with Gasteiger partial charge in [-0.3, -0.25) is 0 Å². The van der Waals surface area contributed by atoms with Crippen molar-refractivity contribution in [3.63, 3.8) is 0 Å². The molecule has 4 nitrogen and oxygen atoms in total. The Bertz CT molecular complexity index is 427. The number of carbonyl (C=O) groups is 1. The number of hydrogen-bond donors (Lipinski definition) is 1. The third-order valence-corrected chi connectivity index (χ3v) is 2.26. The summed E-state index contributed by atoms with van der Waals surface area (Å²) in [7, 11) is 0. The van der Waals surface area contributed by atoms with Gasteiger partial charge in [0.2, 0.25) is 0 Å². The van der Waals surface area contributed by atoms with Gasteiger partial charge in [0.25, 0.3) is 0 Å². The minimum absolute atomic E-state index is 0.181. The summed E-state index contributed by atoms with van der Waals surface area (Å²) in [5.74, 6) is -2.98. The fourth-order valence-electron chi connectivity index (χ4n) is 1.57. The second kappa shape index (κ2) is 7.04. The third-order valence-electron chi connectivity index (χ3n) is 2.26. The molecule has 1 unspecified atom stereocenters. The first-order chi connectivity index (χ1) is 8.93. The van der Waals surface area contributed by atoms with Crippen LogP contribution in [-0.4, -0.2) is 25.2 Å². The predicted molar refractivity (Wildman–Crippen MR) is 65.8 cm³/mol. The second-order valence-electron chi connectivity index (χ2n) is 4.16. The largest absolute Gasteiger partial charge is 0.476 e. The summed E-state index contributed by atoms with van der Waals surface area (Å²) >= 11 is 0. The highest BCUT2D eigenvalue weighted by Gasteiger charge is 2.15. The molecule has 0 aliphatic rings. The Hall–Kier alpha value is -1.69. The lowest BCUT2D eigenvalue weighted by Crippen LogP contribution is -2.18. The molecule has 1 aromatic carbocycles. The first-order valence-electron chi connectivity index (χ1n) is 5.96. The van der Waals surface area contributed by atoms with Crippen molar-refractivity contribution in [2.24, 2.45) is 5.73 Å². The highest BCUT2D eigenvalue weighted by molar-refractivity contribution is 5.71. The first-order valence-corrected chi connectivity index (χ1v) is 5.96. The number of ether oxygens (including phenoxy) is 2. The van der Waals surface area contributed by atoms with Gasteiger partial charge in [0, 0.05) is 6.04 Å². The molecule has 106 valence electrons. The molecule has 0 heterocycles. The van der Waals surface area contributed by atoms with Crippen molar-refractivity contribution in [2.45, 2.75) is 26.3 Å². The zero-order chi connectivity index (χ0) is 14.4. The van der Waals surface area contributed by atoms with Gasteiger partial charge in [0.05, 0.1) is 6.61 Å². The lowest BCUT2D eigenvalue weighted by molar-refractivity contribution is -0.145. The van der Waals surface area contributed by atoms with E-state index in [1.54, 1.807) is 13.8 Å². The lowest BCUT2D eigenvalue weighted by atomic mass is 10.1. The number of halogens is 2. The summed E-state index contributed by atoms with van der Waals surface area (Å²) in [4.78, 5) is 11.0. The maximum absolute atomic E-state index is 13.6. The Morgan fingerprint density at radius 1 is 1.37 bits per heavy atom. The molecule has 0 aliphatic carbocycles. The smallest absolute Gasteiger partial charge is 0.344 e. The van der Waals surface area contributed by atoms with Gasteiger partial charge in [0.15, 0.2) is 24.0 Å². The van der Waals surface area contributed by atoms with Gasteiger partial charge in [0.1, 0.15) is 0 Å². The molecule has 0 saturated carbocycles. The van der Waals surface area contributed by atoms with Gasteiger partial charge in [-0.15, -0.1) is 0 Å². The van der Waals surface area contributed by atoms with E-state index in [-0.39, 0.29) is 12.6 Å². The number of hydrogen-bond acceptors (Lipinski definition) is 4. The van der Waals surface area contributed by atoms with E-state index >= 15 is 0 Å². The molecule has 1 aromatic rings. The number of rotatable bonds is 6. The van der Waals surface area contributed by atoms with Gasteiger partial charge >= 0.3 is 5.97 Å². The van der Waals surface area contributed by atoms with Gasteiger partial charge in [-0.05, 0) is 38.0 Å². The molecule has 1 atom stereocenters. The van der Waals surface area contributed by atoms with Crippen molar-refractivity contribution in [2.75, 3.05) is 13.2 Å². The molecule has 0 saturated heterocycles. The summed E-state index contributed by atoms with van der Waals surface area (Å²) < 4.78 is 36.7. The van der Waals surface area contributed by atoms with Crippen LogP contribution in [0.3, 0.4) is 0 Å². The van der Waals surface area contributed by atoms with Crippen LogP contribution >= 0.6 is 0 Å².